The molecule has 2 rings (SSSR count). The Hall–Kier alpha value is -1.35. The molecule has 0 atom stereocenters. The maximum absolute atomic E-state index is 13.5. The molecule has 0 aliphatic rings. The van der Waals surface area contributed by atoms with Crippen molar-refractivity contribution < 1.29 is 9.18 Å². The number of alkyl halides is 1. The minimum absolute atomic E-state index is 0.0877. The van der Waals surface area contributed by atoms with Crippen molar-refractivity contribution in [2.45, 2.75) is 0 Å². The second-order valence-electron chi connectivity index (χ2n) is 3.35. The van der Waals surface area contributed by atoms with Gasteiger partial charge in [0.05, 0.1) is 11.4 Å². The van der Waals surface area contributed by atoms with Crippen LogP contribution in [0.3, 0.4) is 0 Å². The van der Waals surface area contributed by atoms with Gasteiger partial charge in [-0.2, -0.15) is 0 Å². The van der Waals surface area contributed by atoms with Crippen LogP contribution in [0.1, 0.15) is 10.4 Å². The second kappa shape index (κ2) is 3.66. The third-order valence-electron chi connectivity index (χ3n) is 2.37. The minimum atomic E-state index is -0.330. The van der Waals surface area contributed by atoms with E-state index < -0.39 is 0 Å². The average molecular weight is 226 g/mol. The van der Waals surface area contributed by atoms with Gasteiger partial charge in [-0.25, -0.2) is 4.39 Å². The van der Waals surface area contributed by atoms with Crippen molar-refractivity contribution in [3.8, 4) is 0 Å². The number of para-hydroxylation sites is 1. The van der Waals surface area contributed by atoms with E-state index >= 15 is 0 Å². The standard InChI is InChI=1S/C11H9ClFNO/c1-14-6-8(10(15)5-12)7-3-2-4-9(13)11(7)14/h2-4,6H,5H2,1H3. The van der Waals surface area contributed by atoms with E-state index in [-0.39, 0.29) is 17.5 Å². The van der Waals surface area contributed by atoms with Gasteiger partial charge < -0.3 is 4.57 Å². The summed E-state index contributed by atoms with van der Waals surface area (Å²) < 4.78 is 15.1. The zero-order valence-electron chi connectivity index (χ0n) is 8.13. The number of benzene rings is 1. The first-order valence-electron chi connectivity index (χ1n) is 4.48. The van der Waals surface area contributed by atoms with Crippen LogP contribution >= 0.6 is 11.6 Å². The quantitative estimate of drug-likeness (QED) is 0.569. The number of hydrogen-bond donors (Lipinski definition) is 0. The van der Waals surface area contributed by atoms with Crippen LogP contribution in [-0.2, 0) is 7.05 Å². The van der Waals surface area contributed by atoms with Gasteiger partial charge in [0, 0.05) is 24.2 Å². The summed E-state index contributed by atoms with van der Waals surface area (Å²) in [5.74, 6) is -0.605. The number of nitrogens with zero attached hydrogens (tertiary/aromatic N) is 1. The van der Waals surface area contributed by atoms with Crippen molar-refractivity contribution in [2.24, 2.45) is 7.05 Å². The van der Waals surface area contributed by atoms with Crippen molar-refractivity contribution >= 4 is 28.3 Å². The lowest BCUT2D eigenvalue weighted by molar-refractivity contribution is 0.102. The van der Waals surface area contributed by atoms with Crippen molar-refractivity contribution in [1.29, 1.82) is 0 Å². The Balaban J connectivity index is 2.79. The van der Waals surface area contributed by atoms with Crippen molar-refractivity contribution in [3.63, 3.8) is 0 Å². The number of aryl methyl sites for hydroxylation is 1. The fourth-order valence-corrected chi connectivity index (χ4v) is 1.86. The number of rotatable bonds is 2. The lowest BCUT2D eigenvalue weighted by atomic mass is 10.1. The molecule has 0 saturated heterocycles. The number of fused-ring (bicyclic) bond motifs is 1. The Labute approximate surface area is 91.3 Å². The van der Waals surface area contributed by atoms with E-state index in [1.807, 2.05) is 0 Å². The van der Waals surface area contributed by atoms with Crippen LogP contribution in [0.5, 0.6) is 0 Å². The van der Waals surface area contributed by atoms with Gasteiger partial charge in [0.2, 0.25) is 0 Å². The molecule has 1 aromatic carbocycles. The van der Waals surface area contributed by atoms with Gasteiger partial charge in [-0.3, -0.25) is 4.79 Å². The molecule has 0 radical (unpaired) electrons. The number of hydrogen-bond acceptors (Lipinski definition) is 1. The number of ketones is 1. The minimum Gasteiger partial charge on any atom is -0.347 e. The topological polar surface area (TPSA) is 22.0 Å². The number of aromatic nitrogens is 1. The molecule has 0 saturated carbocycles. The first-order valence-corrected chi connectivity index (χ1v) is 5.01. The Morgan fingerprint density at radius 3 is 2.93 bits per heavy atom. The number of Topliss-reactive ketones (excluding diaryl/α,β-unsaturated/α-hetero) is 1. The molecule has 0 amide bonds. The van der Waals surface area contributed by atoms with Crippen LogP contribution in [0.15, 0.2) is 24.4 Å². The van der Waals surface area contributed by atoms with Crippen LogP contribution < -0.4 is 0 Å². The van der Waals surface area contributed by atoms with Crippen LogP contribution in [0.4, 0.5) is 4.39 Å². The monoisotopic (exact) mass is 225 g/mol. The third kappa shape index (κ3) is 1.53. The molecular formula is C11H9ClFNO. The molecule has 4 heteroatoms. The normalized spacial score (nSPS) is 10.9. The zero-order chi connectivity index (χ0) is 11.0. The number of halogens is 2. The summed E-state index contributed by atoms with van der Waals surface area (Å²) in [6.45, 7) is 0. The van der Waals surface area contributed by atoms with Crippen molar-refractivity contribution in [1.82, 2.24) is 4.57 Å². The highest BCUT2D eigenvalue weighted by Crippen LogP contribution is 2.23. The number of carbonyl (C=O) groups excluding carboxylic acids is 1. The van der Waals surface area contributed by atoms with Crippen LogP contribution in [0.25, 0.3) is 10.9 Å². The van der Waals surface area contributed by atoms with Gasteiger partial charge in [0.1, 0.15) is 5.82 Å². The van der Waals surface area contributed by atoms with E-state index in [9.17, 15) is 9.18 Å². The van der Waals surface area contributed by atoms with Gasteiger partial charge >= 0.3 is 0 Å². The Morgan fingerprint density at radius 2 is 2.27 bits per heavy atom. The van der Waals surface area contributed by atoms with Gasteiger partial charge in [-0.1, -0.05) is 12.1 Å². The van der Waals surface area contributed by atoms with Crippen LogP contribution in [-0.4, -0.2) is 16.2 Å². The molecule has 15 heavy (non-hydrogen) atoms. The van der Waals surface area contributed by atoms with Crippen LogP contribution in [0.2, 0.25) is 0 Å². The fourth-order valence-electron chi connectivity index (χ4n) is 1.71. The summed E-state index contributed by atoms with van der Waals surface area (Å²) in [5, 5.41) is 0.614. The summed E-state index contributed by atoms with van der Waals surface area (Å²) in [5.41, 5.74) is 0.910. The Bertz CT molecular complexity index is 533. The Morgan fingerprint density at radius 1 is 1.53 bits per heavy atom. The summed E-state index contributed by atoms with van der Waals surface area (Å²) >= 11 is 5.48. The molecule has 0 spiro atoms. The van der Waals surface area contributed by atoms with Crippen molar-refractivity contribution in [2.75, 3.05) is 5.88 Å². The molecular weight excluding hydrogens is 217 g/mol. The highest BCUT2D eigenvalue weighted by Gasteiger charge is 2.14. The maximum atomic E-state index is 13.5. The highest BCUT2D eigenvalue weighted by molar-refractivity contribution is 6.32. The first-order chi connectivity index (χ1) is 7.15. The average Bonchev–Trinajstić information content (AvgIpc) is 2.56. The van der Waals surface area contributed by atoms with Gasteiger partial charge in [0.15, 0.2) is 5.78 Å². The molecule has 2 nitrogen and oxygen atoms in total. The fraction of sp³-hybridized carbons (Fsp3) is 0.182. The molecule has 0 N–H and O–H groups in total. The van der Waals surface area contributed by atoms with Gasteiger partial charge in [-0.15, -0.1) is 11.6 Å². The van der Waals surface area contributed by atoms with E-state index in [1.54, 1.807) is 29.9 Å². The SMILES string of the molecule is Cn1cc(C(=O)CCl)c2cccc(F)c21. The molecule has 0 fully saturated rings. The summed E-state index contributed by atoms with van der Waals surface area (Å²) in [4.78, 5) is 11.5. The van der Waals surface area contributed by atoms with Crippen LogP contribution in [0, 0.1) is 5.82 Å². The molecule has 78 valence electrons. The Kier molecular flexibility index (Phi) is 2.49. The van der Waals surface area contributed by atoms with Gasteiger partial charge in [-0.05, 0) is 6.07 Å². The smallest absolute Gasteiger partial charge is 0.179 e. The van der Waals surface area contributed by atoms with E-state index in [0.29, 0.717) is 16.5 Å². The molecule has 0 aliphatic carbocycles. The largest absolute Gasteiger partial charge is 0.347 e. The summed E-state index contributed by atoms with van der Waals surface area (Å²) in [6.07, 6.45) is 1.61. The molecule has 1 heterocycles. The molecule has 0 unspecified atom stereocenters. The lowest BCUT2D eigenvalue weighted by Crippen LogP contribution is -1.98. The molecule has 2 aromatic rings. The second-order valence-corrected chi connectivity index (χ2v) is 3.61. The maximum Gasteiger partial charge on any atom is 0.179 e. The first kappa shape index (κ1) is 10.2. The predicted molar refractivity (Wildman–Crippen MR) is 57.9 cm³/mol. The van der Waals surface area contributed by atoms with E-state index in [1.165, 1.54) is 6.07 Å². The number of carbonyl (C=O) groups is 1. The highest BCUT2D eigenvalue weighted by atomic mass is 35.5. The molecule has 0 bridgehead atoms. The third-order valence-corrected chi connectivity index (χ3v) is 2.62. The molecule has 1 aromatic heterocycles. The van der Waals surface area contributed by atoms with E-state index in [2.05, 4.69) is 0 Å². The predicted octanol–water partition coefficient (Wildman–Crippen LogP) is 2.74. The van der Waals surface area contributed by atoms with E-state index in [0.717, 1.165) is 0 Å². The van der Waals surface area contributed by atoms with Gasteiger partial charge in [0.25, 0.3) is 0 Å². The lowest BCUT2D eigenvalue weighted by Gasteiger charge is -1.96. The summed E-state index contributed by atoms with van der Waals surface area (Å²) in [7, 11) is 1.70. The van der Waals surface area contributed by atoms with E-state index in [4.69, 9.17) is 11.6 Å². The molecule has 0 aliphatic heterocycles. The summed E-state index contributed by atoms with van der Waals surface area (Å²) in [6, 6.07) is 4.68. The van der Waals surface area contributed by atoms with Crippen molar-refractivity contribution in [3.05, 3.63) is 35.8 Å². The zero-order valence-corrected chi connectivity index (χ0v) is 8.88.